The van der Waals surface area contributed by atoms with E-state index in [9.17, 15) is 9.59 Å². The summed E-state index contributed by atoms with van der Waals surface area (Å²) in [4.78, 5) is 23.3. The van der Waals surface area contributed by atoms with E-state index >= 15 is 0 Å². The molecule has 7 nitrogen and oxygen atoms in total. The molecule has 0 saturated heterocycles. The third-order valence-corrected chi connectivity index (χ3v) is 4.58. The van der Waals surface area contributed by atoms with E-state index in [1.807, 2.05) is 16.7 Å². The number of aromatic nitrogens is 3. The summed E-state index contributed by atoms with van der Waals surface area (Å²) in [5, 5.41) is 13.6. The summed E-state index contributed by atoms with van der Waals surface area (Å²) in [5.41, 5.74) is 0.855. The fraction of sp³-hybridized carbons (Fsp3) is 0.250. The molecule has 2 N–H and O–H groups in total. The SMILES string of the molecule is C=CCn1c(SC(C)C(=O)NC(=O)NC)nnc1-c1ccc(Cl)cc1. The van der Waals surface area contributed by atoms with Gasteiger partial charge in [-0.05, 0) is 31.2 Å². The number of imide groups is 1. The number of amides is 3. The maximum atomic E-state index is 12.0. The van der Waals surface area contributed by atoms with Gasteiger partial charge in [-0.2, -0.15) is 0 Å². The summed E-state index contributed by atoms with van der Waals surface area (Å²) in [7, 11) is 1.44. The van der Waals surface area contributed by atoms with Crippen molar-refractivity contribution in [3.05, 3.63) is 41.9 Å². The Bertz CT molecular complexity index is 775. The predicted molar refractivity (Wildman–Crippen MR) is 98.6 cm³/mol. The molecule has 0 aliphatic carbocycles. The summed E-state index contributed by atoms with van der Waals surface area (Å²) in [6.07, 6.45) is 1.72. The second-order valence-corrected chi connectivity index (χ2v) is 6.79. The predicted octanol–water partition coefficient (Wildman–Crippen LogP) is 2.72. The number of hydrogen-bond acceptors (Lipinski definition) is 5. The van der Waals surface area contributed by atoms with Crippen molar-refractivity contribution in [2.75, 3.05) is 7.05 Å². The molecule has 0 saturated carbocycles. The molecule has 2 aromatic rings. The van der Waals surface area contributed by atoms with Crippen molar-refractivity contribution in [1.82, 2.24) is 25.4 Å². The van der Waals surface area contributed by atoms with Gasteiger partial charge in [0.1, 0.15) is 0 Å². The van der Waals surface area contributed by atoms with E-state index in [2.05, 4.69) is 27.4 Å². The van der Waals surface area contributed by atoms with Crippen molar-refractivity contribution in [2.24, 2.45) is 0 Å². The summed E-state index contributed by atoms with van der Waals surface area (Å²) in [6, 6.07) is 6.70. The minimum atomic E-state index is -0.549. The van der Waals surface area contributed by atoms with Crippen LogP contribution in [0.1, 0.15) is 6.92 Å². The van der Waals surface area contributed by atoms with Gasteiger partial charge in [-0.25, -0.2) is 4.79 Å². The Kier molecular flexibility index (Phi) is 6.60. The molecule has 1 aromatic carbocycles. The molecule has 0 fully saturated rings. The number of thioether (sulfide) groups is 1. The number of carbonyl (C=O) groups is 2. The highest BCUT2D eigenvalue weighted by atomic mass is 35.5. The van der Waals surface area contributed by atoms with E-state index in [0.29, 0.717) is 22.5 Å². The summed E-state index contributed by atoms with van der Waals surface area (Å²) >= 11 is 7.14. The normalized spacial score (nSPS) is 11.6. The maximum Gasteiger partial charge on any atom is 0.321 e. The lowest BCUT2D eigenvalue weighted by atomic mass is 10.2. The Morgan fingerprint density at radius 1 is 1.36 bits per heavy atom. The number of nitrogens with one attached hydrogen (secondary N) is 2. The molecule has 9 heteroatoms. The topological polar surface area (TPSA) is 88.9 Å². The molecule has 0 bridgehead atoms. The summed E-state index contributed by atoms with van der Waals surface area (Å²) < 4.78 is 1.85. The van der Waals surface area contributed by atoms with E-state index in [1.54, 1.807) is 25.1 Å². The lowest BCUT2D eigenvalue weighted by Gasteiger charge is -2.12. The van der Waals surface area contributed by atoms with Crippen LogP contribution in [0.25, 0.3) is 11.4 Å². The third-order valence-electron chi connectivity index (χ3n) is 3.25. The number of halogens is 1. The van der Waals surface area contributed by atoms with Crippen molar-refractivity contribution in [3.8, 4) is 11.4 Å². The number of carbonyl (C=O) groups excluding carboxylic acids is 2. The third kappa shape index (κ3) is 4.83. The van der Waals surface area contributed by atoms with Gasteiger partial charge in [-0.1, -0.05) is 29.4 Å². The fourth-order valence-electron chi connectivity index (χ4n) is 1.97. The van der Waals surface area contributed by atoms with Crippen LogP contribution in [-0.2, 0) is 11.3 Å². The van der Waals surface area contributed by atoms with Crippen LogP contribution in [-0.4, -0.2) is 39.0 Å². The molecule has 25 heavy (non-hydrogen) atoms. The summed E-state index contributed by atoms with van der Waals surface area (Å²) in [5.74, 6) is 0.239. The van der Waals surface area contributed by atoms with Crippen LogP contribution in [0.2, 0.25) is 5.02 Å². The molecular formula is C16H18ClN5O2S. The monoisotopic (exact) mass is 379 g/mol. The number of allylic oxidation sites excluding steroid dienone is 1. The Hall–Kier alpha value is -2.32. The van der Waals surface area contributed by atoms with E-state index in [-0.39, 0.29) is 0 Å². The molecule has 0 aliphatic rings. The van der Waals surface area contributed by atoms with Crippen molar-refractivity contribution in [1.29, 1.82) is 0 Å². The summed E-state index contributed by atoms with van der Waals surface area (Å²) in [6.45, 7) is 5.93. The number of hydrogen-bond donors (Lipinski definition) is 2. The highest BCUT2D eigenvalue weighted by Crippen LogP contribution is 2.27. The van der Waals surface area contributed by atoms with Crippen LogP contribution in [0.3, 0.4) is 0 Å². The lowest BCUT2D eigenvalue weighted by molar-refractivity contribution is -0.119. The maximum absolute atomic E-state index is 12.0. The lowest BCUT2D eigenvalue weighted by Crippen LogP contribution is -2.41. The molecule has 0 aliphatic heterocycles. The molecule has 0 radical (unpaired) electrons. The van der Waals surface area contributed by atoms with Gasteiger partial charge >= 0.3 is 6.03 Å². The first-order valence-corrected chi connectivity index (χ1v) is 8.71. The second kappa shape index (κ2) is 8.68. The molecule has 2 rings (SSSR count). The largest absolute Gasteiger partial charge is 0.341 e. The van der Waals surface area contributed by atoms with Crippen molar-refractivity contribution < 1.29 is 9.59 Å². The Morgan fingerprint density at radius 3 is 2.64 bits per heavy atom. The smallest absolute Gasteiger partial charge is 0.321 e. The van der Waals surface area contributed by atoms with Gasteiger partial charge in [-0.3, -0.25) is 14.7 Å². The first kappa shape index (κ1) is 19.0. The Morgan fingerprint density at radius 2 is 2.04 bits per heavy atom. The van der Waals surface area contributed by atoms with Gasteiger partial charge in [0.05, 0.1) is 5.25 Å². The first-order chi connectivity index (χ1) is 12.0. The molecule has 1 aromatic heterocycles. The fourth-order valence-corrected chi connectivity index (χ4v) is 2.95. The first-order valence-electron chi connectivity index (χ1n) is 7.45. The minimum absolute atomic E-state index is 0.412. The van der Waals surface area contributed by atoms with Crippen LogP contribution < -0.4 is 10.6 Å². The van der Waals surface area contributed by atoms with Gasteiger partial charge in [0.2, 0.25) is 5.91 Å². The molecule has 1 atom stereocenters. The van der Waals surface area contributed by atoms with Crippen LogP contribution in [0.15, 0.2) is 42.1 Å². The van der Waals surface area contributed by atoms with E-state index < -0.39 is 17.2 Å². The van der Waals surface area contributed by atoms with Gasteiger partial charge in [-0.15, -0.1) is 16.8 Å². The molecule has 3 amide bonds. The molecule has 1 unspecified atom stereocenters. The number of rotatable bonds is 6. The quantitative estimate of drug-likeness (QED) is 0.595. The molecular weight excluding hydrogens is 362 g/mol. The van der Waals surface area contributed by atoms with Gasteiger partial charge < -0.3 is 5.32 Å². The van der Waals surface area contributed by atoms with Crippen molar-refractivity contribution >= 4 is 35.3 Å². The molecule has 132 valence electrons. The molecule has 1 heterocycles. The Balaban J connectivity index is 2.23. The second-order valence-electron chi connectivity index (χ2n) is 5.04. The van der Waals surface area contributed by atoms with Crippen LogP contribution in [0.5, 0.6) is 0 Å². The van der Waals surface area contributed by atoms with Crippen molar-refractivity contribution in [3.63, 3.8) is 0 Å². The number of nitrogens with zero attached hydrogens (tertiary/aromatic N) is 3. The van der Waals surface area contributed by atoms with Crippen molar-refractivity contribution in [2.45, 2.75) is 23.9 Å². The molecule has 0 spiro atoms. The standard InChI is InChI=1S/C16H18ClN5O2S/c1-4-9-22-13(11-5-7-12(17)8-6-11)20-21-16(22)25-10(2)14(23)19-15(24)18-3/h4-8,10H,1,9H2,2-3H3,(H2,18,19,23,24). The van der Waals surface area contributed by atoms with Gasteiger partial charge in [0.25, 0.3) is 0 Å². The highest BCUT2D eigenvalue weighted by molar-refractivity contribution is 8.00. The zero-order chi connectivity index (χ0) is 18.4. The van der Waals surface area contributed by atoms with E-state index in [0.717, 1.165) is 5.56 Å². The van der Waals surface area contributed by atoms with E-state index in [1.165, 1.54) is 18.8 Å². The van der Waals surface area contributed by atoms with Gasteiger partial charge in [0.15, 0.2) is 11.0 Å². The van der Waals surface area contributed by atoms with E-state index in [4.69, 9.17) is 11.6 Å². The average Bonchev–Trinajstić information content (AvgIpc) is 2.98. The number of urea groups is 1. The zero-order valence-corrected chi connectivity index (χ0v) is 15.4. The Labute approximate surface area is 154 Å². The highest BCUT2D eigenvalue weighted by Gasteiger charge is 2.21. The van der Waals surface area contributed by atoms with Crippen LogP contribution >= 0.6 is 23.4 Å². The number of benzene rings is 1. The minimum Gasteiger partial charge on any atom is -0.341 e. The van der Waals surface area contributed by atoms with Crippen LogP contribution in [0.4, 0.5) is 4.79 Å². The van der Waals surface area contributed by atoms with Crippen LogP contribution in [0, 0.1) is 0 Å². The zero-order valence-electron chi connectivity index (χ0n) is 13.8. The average molecular weight is 380 g/mol. The van der Waals surface area contributed by atoms with Gasteiger partial charge in [0, 0.05) is 24.2 Å².